The molecule has 0 aliphatic rings. The van der Waals surface area contributed by atoms with Crippen LogP contribution in [0.15, 0.2) is 48.5 Å². The summed E-state index contributed by atoms with van der Waals surface area (Å²) < 4.78 is 19.8. The smallest absolute Gasteiger partial charge is 0.149 e. The quantitative estimate of drug-likeness (QED) is 0.776. The number of rotatable bonds is 4. The topological polar surface area (TPSA) is 42.4 Å². The minimum absolute atomic E-state index is 0.341. The normalized spacial score (nSPS) is 12.3. The maximum absolute atomic E-state index is 13.8. The van der Waals surface area contributed by atoms with Gasteiger partial charge in [-0.3, -0.25) is 0 Å². The van der Waals surface area contributed by atoms with Gasteiger partial charge in [-0.25, -0.2) is 9.37 Å². The predicted octanol–water partition coefficient (Wildman–Crippen LogP) is 4.40. The number of nitrogens with zero attached hydrogens (tertiary/aromatic N) is 1. The van der Waals surface area contributed by atoms with Crippen LogP contribution >= 0.6 is 0 Å². The summed E-state index contributed by atoms with van der Waals surface area (Å²) in [6, 6.07) is 14.2. The summed E-state index contributed by atoms with van der Waals surface area (Å²) in [6.45, 7) is 3.53. The lowest BCUT2D eigenvalue weighted by Crippen LogP contribution is -2.05. The molecule has 0 amide bonds. The lowest BCUT2D eigenvalue weighted by molar-refractivity contribution is 0.194. The van der Waals surface area contributed by atoms with E-state index in [2.05, 4.69) is 4.98 Å². The molecular formula is C19H18FNO2. The number of benzene rings is 2. The number of aryl methyl sites for hydroxylation is 1. The Morgan fingerprint density at radius 1 is 1.13 bits per heavy atom. The van der Waals surface area contributed by atoms with E-state index in [-0.39, 0.29) is 5.82 Å². The van der Waals surface area contributed by atoms with E-state index in [4.69, 9.17) is 4.74 Å². The van der Waals surface area contributed by atoms with Gasteiger partial charge in [0, 0.05) is 11.8 Å². The van der Waals surface area contributed by atoms with Gasteiger partial charge >= 0.3 is 0 Å². The van der Waals surface area contributed by atoms with Crippen molar-refractivity contribution in [1.29, 1.82) is 0 Å². The van der Waals surface area contributed by atoms with Crippen LogP contribution in [0.3, 0.4) is 0 Å². The van der Waals surface area contributed by atoms with Gasteiger partial charge in [0.05, 0.1) is 11.8 Å². The first-order valence-corrected chi connectivity index (χ1v) is 7.54. The molecule has 0 bridgehead atoms. The van der Waals surface area contributed by atoms with Crippen molar-refractivity contribution in [3.8, 4) is 11.5 Å². The van der Waals surface area contributed by atoms with Crippen molar-refractivity contribution in [1.82, 2.24) is 4.98 Å². The molecule has 1 aromatic heterocycles. The van der Waals surface area contributed by atoms with Crippen molar-refractivity contribution >= 4 is 10.9 Å². The maximum atomic E-state index is 13.8. The number of para-hydroxylation sites is 2. The summed E-state index contributed by atoms with van der Waals surface area (Å²) in [7, 11) is 0. The van der Waals surface area contributed by atoms with Gasteiger partial charge in [-0.15, -0.1) is 0 Å². The highest BCUT2D eigenvalue weighted by Crippen LogP contribution is 2.30. The number of hydrogen-bond acceptors (Lipinski definition) is 3. The number of hydrogen-bond donors (Lipinski definition) is 1. The zero-order chi connectivity index (χ0) is 16.4. The van der Waals surface area contributed by atoms with Crippen LogP contribution in [0.5, 0.6) is 11.5 Å². The molecule has 0 saturated carbocycles. The number of aromatic nitrogens is 1. The van der Waals surface area contributed by atoms with Gasteiger partial charge < -0.3 is 9.84 Å². The highest BCUT2D eigenvalue weighted by molar-refractivity contribution is 5.81. The Balaban J connectivity index is 2.01. The lowest BCUT2D eigenvalue weighted by Gasteiger charge is -2.14. The SMILES string of the molecule is Cc1nc2c(F)cccc2cc1Oc1ccccc1CC(C)O. The number of pyridine rings is 1. The van der Waals surface area contributed by atoms with Crippen molar-refractivity contribution in [3.05, 3.63) is 65.6 Å². The molecule has 0 saturated heterocycles. The summed E-state index contributed by atoms with van der Waals surface area (Å²) in [5.74, 6) is 0.918. The molecule has 0 spiro atoms. The standard InChI is InChI=1S/C19H18FNO2/c1-12(22)10-14-6-3-4-9-17(14)23-18-11-15-7-5-8-16(20)19(15)21-13(18)2/h3-9,11-12,22H,10H2,1-2H3. The first-order valence-electron chi connectivity index (χ1n) is 7.54. The van der Waals surface area contributed by atoms with Gasteiger partial charge in [0.2, 0.25) is 0 Å². The molecule has 4 heteroatoms. The minimum atomic E-state index is -0.454. The maximum Gasteiger partial charge on any atom is 0.149 e. The molecule has 3 rings (SSSR count). The minimum Gasteiger partial charge on any atom is -0.455 e. The molecule has 0 radical (unpaired) electrons. The molecule has 0 fully saturated rings. The van der Waals surface area contributed by atoms with E-state index in [1.54, 1.807) is 32.0 Å². The second kappa shape index (κ2) is 6.34. The fourth-order valence-corrected chi connectivity index (χ4v) is 2.55. The highest BCUT2D eigenvalue weighted by atomic mass is 19.1. The third-order valence-corrected chi connectivity index (χ3v) is 3.65. The van der Waals surface area contributed by atoms with E-state index in [1.165, 1.54) is 6.07 Å². The van der Waals surface area contributed by atoms with Crippen LogP contribution in [0.2, 0.25) is 0 Å². The third-order valence-electron chi connectivity index (χ3n) is 3.65. The van der Waals surface area contributed by atoms with E-state index in [9.17, 15) is 9.50 Å². The summed E-state index contributed by atoms with van der Waals surface area (Å²) >= 11 is 0. The van der Waals surface area contributed by atoms with Gasteiger partial charge in [0.25, 0.3) is 0 Å². The highest BCUT2D eigenvalue weighted by Gasteiger charge is 2.11. The Bertz CT molecular complexity index is 846. The fourth-order valence-electron chi connectivity index (χ4n) is 2.55. The summed E-state index contributed by atoms with van der Waals surface area (Å²) in [5.41, 5.74) is 1.88. The average molecular weight is 311 g/mol. The Kier molecular flexibility index (Phi) is 4.26. The van der Waals surface area contributed by atoms with Crippen LogP contribution in [0.4, 0.5) is 4.39 Å². The lowest BCUT2D eigenvalue weighted by atomic mass is 10.1. The zero-order valence-electron chi connectivity index (χ0n) is 13.1. The number of ether oxygens (including phenoxy) is 1. The van der Waals surface area contributed by atoms with Crippen molar-refractivity contribution in [2.24, 2.45) is 0 Å². The molecule has 2 aromatic carbocycles. The van der Waals surface area contributed by atoms with Crippen LogP contribution in [-0.4, -0.2) is 16.2 Å². The average Bonchev–Trinajstić information content (AvgIpc) is 2.50. The molecule has 1 N–H and O–H groups in total. The molecular weight excluding hydrogens is 293 g/mol. The van der Waals surface area contributed by atoms with Gasteiger partial charge in [-0.05, 0) is 37.6 Å². The van der Waals surface area contributed by atoms with Crippen LogP contribution in [0.1, 0.15) is 18.2 Å². The van der Waals surface area contributed by atoms with Crippen LogP contribution in [-0.2, 0) is 6.42 Å². The van der Waals surface area contributed by atoms with Gasteiger partial charge in [-0.2, -0.15) is 0 Å². The van der Waals surface area contributed by atoms with Crippen LogP contribution < -0.4 is 4.74 Å². The zero-order valence-corrected chi connectivity index (χ0v) is 13.1. The number of aliphatic hydroxyl groups is 1. The second-order valence-corrected chi connectivity index (χ2v) is 5.65. The molecule has 3 aromatic rings. The van der Waals surface area contributed by atoms with E-state index < -0.39 is 6.10 Å². The van der Waals surface area contributed by atoms with Crippen LogP contribution in [0, 0.1) is 12.7 Å². The largest absolute Gasteiger partial charge is 0.455 e. The molecule has 0 aliphatic heterocycles. The number of aliphatic hydroxyl groups excluding tert-OH is 1. The van der Waals surface area contributed by atoms with Crippen molar-refractivity contribution in [2.45, 2.75) is 26.4 Å². The van der Waals surface area contributed by atoms with E-state index in [0.29, 0.717) is 34.5 Å². The summed E-state index contributed by atoms with van der Waals surface area (Å²) in [4.78, 5) is 4.31. The molecule has 23 heavy (non-hydrogen) atoms. The van der Waals surface area contributed by atoms with E-state index >= 15 is 0 Å². The van der Waals surface area contributed by atoms with E-state index in [1.807, 2.05) is 24.3 Å². The third kappa shape index (κ3) is 3.32. The monoisotopic (exact) mass is 311 g/mol. The molecule has 3 nitrogen and oxygen atoms in total. The Morgan fingerprint density at radius 3 is 2.70 bits per heavy atom. The van der Waals surface area contributed by atoms with E-state index in [0.717, 1.165) is 5.56 Å². The molecule has 118 valence electrons. The first kappa shape index (κ1) is 15.4. The van der Waals surface area contributed by atoms with Crippen molar-refractivity contribution < 1.29 is 14.2 Å². The van der Waals surface area contributed by atoms with Crippen molar-refractivity contribution in [2.75, 3.05) is 0 Å². The Labute approximate surface area is 134 Å². The first-order chi connectivity index (χ1) is 11.0. The molecule has 0 aliphatic carbocycles. The molecule has 1 unspecified atom stereocenters. The Hall–Kier alpha value is -2.46. The molecule has 1 heterocycles. The number of halogens is 1. The fraction of sp³-hybridized carbons (Fsp3) is 0.211. The van der Waals surface area contributed by atoms with Gasteiger partial charge in [-0.1, -0.05) is 30.3 Å². The Morgan fingerprint density at radius 2 is 1.91 bits per heavy atom. The molecule has 1 atom stereocenters. The van der Waals surface area contributed by atoms with Gasteiger partial charge in [0.1, 0.15) is 22.8 Å². The summed E-state index contributed by atoms with van der Waals surface area (Å²) in [5, 5.41) is 10.3. The van der Waals surface area contributed by atoms with Gasteiger partial charge in [0.15, 0.2) is 0 Å². The summed E-state index contributed by atoms with van der Waals surface area (Å²) in [6.07, 6.45) is 0.0508. The number of fused-ring (bicyclic) bond motifs is 1. The predicted molar refractivity (Wildman–Crippen MR) is 88.3 cm³/mol. The van der Waals surface area contributed by atoms with Crippen molar-refractivity contribution in [3.63, 3.8) is 0 Å². The van der Waals surface area contributed by atoms with Crippen LogP contribution in [0.25, 0.3) is 10.9 Å². The second-order valence-electron chi connectivity index (χ2n) is 5.65.